The fourth-order valence-electron chi connectivity index (χ4n) is 2.12. The van der Waals surface area contributed by atoms with Gasteiger partial charge in [0.25, 0.3) is 0 Å². The van der Waals surface area contributed by atoms with Crippen LogP contribution in [0.2, 0.25) is 0 Å². The van der Waals surface area contributed by atoms with Gasteiger partial charge in [0.2, 0.25) is 0 Å². The predicted molar refractivity (Wildman–Crippen MR) is 73.7 cm³/mol. The molecule has 1 aromatic carbocycles. The smallest absolute Gasteiger partial charge is 0.317 e. The van der Waals surface area contributed by atoms with E-state index in [1.165, 1.54) is 0 Å². The van der Waals surface area contributed by atoms with Gasteiger partial charge in [-0.25, -0.2) is 0 Å². The molecule has 0 saturated carbocycles. The zero-order chi connectivity index (χ0) is 14.6. The van der Waals surface area contributed by atoms with Gasteiger partial charge in [-0.1, -0.05) is 12.1 Å². The summed E-state index contributed by atoms with van der Waals surface area (Å²) < 4.78 is 0. The van der Waals surface area contributed by atoms with Crippen molar-refractivity contribution in [2.24, 2.45) is 0 Å². The number of carbonyl (C=O) groups is 1. The molecule has 1 aromatic rings. The Morgan fingerprint density at radius 3 is 2.26 bits per heavy atom. The molecule has 0 aromatic heterocycles. The van der Waals surface area contributed by atoms with Crippen molar-refractivity contribution >= 4 is 5.97 Å². The summed E-state index contributed by atoms with van der Waals surface area (Å²) in [6.45, 7) is 7.96. The van der Waals surface area contributed by atoms with Crippen LogP contribution in [0.1, 0.15) is 44.9 Å². The van der Waals surface area contributed by atoms with Crippen LogP contribution in [0.4, 0.5) is 0 Å². The first-order valence-corrected chi connectivity index (χ1v) is 6.24. The van der Waals surface area contributed by atoms with E-state index in [9.17, 15) is 4.79 Å². The highest BCUT2D eigenvalue weighted by molar-refractivity contribution is 5.69. The maximum atomic E-state index is 11.0. The van der Waals surface area contributed by atoms with E-state index in [0.717, 1.165) is 5.56 Å². The van der Waals surface area contributed by atoms with E-state index in [1.54, 1.807) is 12.1 Å². The quantitative estimate of drug-likeness (QED) is 0.904. The third-order valence-electron chi connectivity index (χ3n) is 3.16. The van der Waals surface area contributed by atoms with E-state index in [0.29, 0.717) is 5.56 Å². The largest absolute Gasteiger partial charge is 0.480 e. The van der Waals surface area contributed by atoms with Crippen LogP contribution in [0.5, 0.6) is 0 Å². The number of nitrogens with zero attached hydrogens (tertiary/aromatic N) is 2. The molecule has 4 heteroatoms. The van der Waals surface area contributed by atoms with Crippen molar-refractivity contribution in [1.29, 1.82) is 5.26 Å². The Hall–Kier alpha value is -1.86. The van der Waals surface area contributed by atoms with E-state index >= 15 is 0 Å². The van der Waals surface area contributed by atoms with Crippen LogP contribution < -0.4 is 0 Å². The SMILES string of the molecule is CC(c1ccc(C#N)cc1)N(CC(=O)O)C(C)(C)C. The average molecular weight is 260 g/mol. The van der Waals surface area contributed by atoms with Crippen molar-refractivity contribution < 1.29 is 9.90 Å². The van der Waals surface area contributed by atoms with Gasteiger partial charge in [0.15, 0.2) is 0 Å². The molecule has 0 aliphatic rings. The van der Waals surface area contributed by atoms with Crippen LogP contribution in [-0.2, 0) is 4.79 Å². The van der Waals surface area contributed by atoms with Crippen molar-refractivity contribution in [3.05, 3.63) is 35.4 Å². The van der Waals surface area contributed by atoms with Gasteiger partial charge in [-0.3, -0.25) is 9.69 Å². The Labute approximate surface area is 114 Å². The second-order valence-electron chi connectivity index (χ2n) is 5.60. The molecule has 1 rings (SSSR count). The Morgan fingerprint density at radius 2 is 1.89 bits per heavy atom. The summed E-state index contributed by atoms with van der Waals surface area (Å²) in [5.74, 6) is -0.838. The average Bonchev–Trinajstić information content (AvgIpc) is 2.34. The third kappa shape index (κ3) is 4.08. The summed E-state index contributed by atoms with van der Waals surface area (Å²) in [4.78, 5) is 12.9. The second-order valence-corrected chi connectivity index (χ2v) is 5.60. The second kappa shape index (κ2) is 5.85. The zero-order valence-electron chi connectivity index (χ0n) is 11.8. The molecule has 0 heterocycles. The number of hydrogen-bond acceptors (Lipinski definition) is 3. The Morgan fingerprint density at radius 1 is 1.37 bits per heavy atom. The number of rotatable bonds is 4. The van der Waals surface area contributed by atoms with Crippen LogP contribution in [-0.4, -0.2) is 28.1 Å². The molecule has 0 amide bonds. The standard InChI is InChI=1S/C15H20N2O2/c1-11(13-7-5-12(9-16)6-8-13)17(10-14(18)19)15(2,3)4/h5-8,11H,10H2,1-4H3,(H,18,19). The van der Waals surface area contributed by atoms with E-state index in [-0.39, 0.29) is 18.1 Å². The Balaban J connectivity index is 3.01. The first kappa shape index (κ1) is 15.2. The molecular formula is C15H20N2O2. The maximum absolute atomic E-state index is 11.0. The topological polar surface area (TPSA) is 64.3 Å². The van der Waals surface area contributed by atoms with Gasteiger partial charge in [-0.2, -0.15) is 5.26 Å². The number of nitriles is 1. The van der Waals surface area contributed by atoms with Gasteiger partial charge in [-0.05, 0) is 45.4 Å². The summed E-state index contributed by atoms with van der Waals surface area (Å²) in [6.07, 6.45) is 0. The van der Waals surface area contributed by atoms with Gasteiger partial charge in [0.05, 0.1) is 18.2 Å². The molecule has 0 spiro atoms. The summed E-state index contributed by atoms with van der Waals surface area (Å²) in [6, 6.07) is 9.33. The van der Waals surface area contributed by atoms with E-state index in [4.69, 9.17) is 10.4 Å². The fourth-order valence-corrected chi connectivity index (χ4v) is 2.12. The van der Waals surface area contributed by atoms with Crippen LogP contribution in [0, 0.1) is 11.3 Å². The zero-order valence-corrected chi connectivity index (χ0v) is 11.8. The number of aliphatic carboxylic acids is 1. The lowest BCUT2D eigenvalue weighted by molar-refractivity contribution is -0.140. The van der Waals surface area contributed by atoms with Crippen molar-refractivity contribution in [3.8, 4) is 6.07 Å². The Kier molecular flexibility index (Phi) is 4.68. The minimum Gasteiger partial charge on any atom is -0.480 e. The molecule has 0 fully saturated rings. The summed E-state index contributed by atoms with van der Waals surface area (Å²) in [5, 5.41) is 17.8. The highest BCUT2D eigenvalue weighted by Crippen LogP contribution is 2.27. The molecule has 0 bridgehead atoms. The normalized spacial score (nSPS) is 13.1. The monoisotopic (exact) mass is 260 g/mol. The molecule has 0 aliphatic heterocycles. The molecule has 0 aliphatic carbocycles. The molecule has 1 atom stereocenters. The highest BCUT2D eigenvalue weighted by Gasteiger charge is 2.28. The first-order chi connectivity index (χ1) is 8.75. The van der Waals surface area contributed by atoms with Gasteiger partial charge < -0.3 is 5.11 Å². The summed E-state index contributed by atoms with van der Waals surface area (Å²) in [7, 11) is 0. The first-order valence-electron chi connectivity index (χ1n) is 6.24. The molecule has 1 N–H and O–H groups in total. The van der Waals surface area contributed by atoms with E-state index in [2.05, 4.69) is 6.07 Å². The Bertz CT molecular complexity index is 480. The minimum absolute atomic E-state index is 0.00926. The lowest BCUT2D eigenvalue weighted by atomic mass is 9.98. The maximum Gasteiger partial charge on any atom is 0.317 e. The van der Waals surface area contributed by atoms with Gasteiger partial charge in [-0.15, -0.1) is 0 Å². The predicted octanol–water partition coefficient (Wildman–Crippen LogP) is 2.80. The van der Waals surface area contributed by atoms with Gasteiger partial charge >= 0.3 is 5.97 Å². The fraction of sp³-hybridized carbons (Fsp3) is 0.467. The number of carboxylic acid groups (broad SMARTS) is 1. The lowest BCUT2D eigenvalue weighted by Gasteiger charge is -2.39. The highest BCUT2D eigenvalue weighted by atomic mass is 16.4. The molecular weight excluding hydrogens is 240 g/mol. The number of benzene rings is 1. The van der Waals surface area contributed by atoms with Crippen LogP contribution >= 0.6 is 0 Å². The van der Waals surface area contributed by atoms with Crippen LogP contribution in [0.15, 0.2) is 24.3 Å². The molecule has 1 unspecified atom stereocenters. The van der Waals surface area contributed by atoms with E-state index in [1.807, 2.05) is 44.7 Å². The van der Waals surface area contributed by atoms with Gasteiger partial charge in [0.1, 0.15) is 0 Å². The van der Waals surface area contributed by atoms with Crippen molar-refractivity contribution in [1.82, 2.24) is 4.90 Å². The summed E-state index contributed by atoms with van der Waals surface area (Å²) in [5.41, 5.74) is 1.37. The molecule has 0 saturated heterocycles. The van der Waals surface area contributed by atoms with Crippen molar-refractivity contribution in [3.63, 3.8) is 0 Å². The third-order valence-corrected chi connectivity index (χ3v) is 3.16. The van der Waals surface area contributed by atoms with E-state index < -0.39 is 5.97 Å². The van der Waals surface area contributed by atoms with Gasteiger partial charge in [0, 0.05) is 11.6 Å². The van der Waals surface area contributed by atoms with Crippen LogP contribution in [0.25, 0.3) is 0 Å². The molecule has 4 nitrogen and oxygen atoms in total. The van der Waals surface area contributed by atoms with Crippen LogP contribution in [0.3, 0.4) is 0 Å². The number of hydrogen-bond donors (Lipinski definition) is 1. The molecule has 102 valence electrons. The summed E-state index contributed by atoms with van der Waals surface area (Å²) >= 11 is 0. The van der Waals surface area contributed by atoms with Crippen molar-refractivity contribution in [2.75, 3.05) is 6.54 Å². The lowest BCUT2D eigenvalue weighted by Crippen LogP contribution is -2.45. The van der Waals surface area contributed by atoms with Crippen molar-refractivity contribution in [2.45, 2.75) is 39.3 Å². The number of carboxylic acids is 1. The molecule has 19 heavy (non-hydrogen) atoms. The minimum atomic E-state index is -0.838. The molecule has 0 radical (unpaired) electrons.